The zero-order valence-electron chi connectivity index (χ0n) is 15.3. The van der Waals surface area contributed by atoms with Gasteiger partial charge < -0.3 is 16.0 Å². The Bertz CT molecular complexity index is 996. The van der Waals surface area contributed by atoms with Gasteiger partial charge in [-0.15, -0.1) is 11.3 Å². The molecule has 27 heavy (non-hydrogen) atoms. The number of para-hydroxylation sites is 1. The van der Waals surface area contributed by atoms with Crippen LogP contribution in [0.15, 0.2) is 28.8 Å². The summed E-state index contributed by atoms with van der Waals surface area (Å²) in [5.41, 5.74) is 10.2. The summed E-state index contributed by atoms with van der Waals surface area (Å²) in [5, 5.41) is 3.89. The fourth-order valence-corrected chi connectivity index (χ4v) is 5.78. The lowest BCUT2D eigenvalue weighted by Crippen LogP contribution is -2.24. The summed E-state index contributed by atoms with van der Waals surface area (Å²) in [6.45, 7) is 5.96. The molecule has 3 heterocycles. The summed E-state index contributed by atoms with van der Waals surface area (Å²) in [6, 6.07) is 6.05. The second kappa shape index (κ2) is 6.69. The Hall–Kier alpha value is -2.32. The summed E-state index contributed by atoms with van der Waals surface area (Å²) in [7, 11) is 0. The average Bonchev–Trinajstić information content (AvgIpc) is 3.13. The highest BCUT2D eigenvalue weighted by molar-refractivity contribution is 8.05. The van der Waals surface area contributed by atoms with Crippen LogP contribution in [-0.2, 0) is 16.0 Å². The van der Waals surface area contributed by atoms with Crippen LogP contribution in [0.1, 0.15) is 30.7 Å². The van der Waals surface area contributed by atoms with Crippen LogP contribution in [0.25, 0.3) is 11.3 Å². The van der Waals surface area contributed by atoms with E-state index >= 15 is 0 Å². The van der Waals surface area contributed by atoms with Crippen LogP contribution in [-0.4, -0.2) is 22.2 Å². The summed E-state index contributed by atoms with van der Waals surface area (Å²) in [6.07, 6.45) is 1.26. The number of hydrogen-bond acceptors (Lipinski definition) is 6. The predicted octanol–water partition coefficient (Wildman–Crippen LogP) is 3.62. The van der Waals surface area contributed by atoms with Gasteiger partial charge in [-0.05, 0) is 32.8 Å². The fraction of sp³-hybridized carbons (Fsp3) is 0.316. The predicted molar refractivity (Wildman–Crippen MR) is 111 cm³/mol. The minimum atomic E-state index is -0.403. The first-order valence-corrected chi connectivity index (χ1v) is 10.4. The molecule has 1 aromatic carbocycles. The van der Waals surface area contributed by atoms with Gasteiger partial charge in [0.1, 0.15) is 0 Å². The molecule has 0 fully saturated rings. The highest BCUT2D eigenvalue weighted by Gasteiger charge is 2.33. The number of amides is 2. The largest absolute Gasteiger partial charge is 0.365 e. The van der Waals surface area contributed by atoms with E-state index in [0.29, 0.717) is 11.3 Å². The van der Waals surface area contributed by atoms with Gasteiger partial charge in [-0.2, -0.15) is 0 Å². The van der Waals surface area contributed by atoms with Crippen molar-refractivity contribution in [3.8, 4) is 11.3 Å². The summed E-state index contributed by atoms with van der Waals surface area (Å²) in [4.78, 5) is 32.2. The highest BCUT2D eigenvalue weighted by atomic mass is 32.2. The number of rotatable bonds is 3. The van der Waals surface area contributed by atoms with Gasteiger partial charge in [0.25, 0.3) is 5.91 Å². The smallest absolute Gasteiger partial charge is 0.256 e. The molecule has 6 nitrogen and oxygen atoms in total. The molecule has 2 aliphatic rings. The van der Waals surface area contributed by atoms with Gasteiger partial charge in [-0.3, -0.25) is 9.59 Å². The SMILES string of the molecule is CC1=C(C(N)=O)SC(C)N1c1nc(-c2cccc3c2NC(=O)CC3)c(C)s1. The lowest BCUT2D eigenvalue weighted by Gasteiger charge is -2.21. The van der Waals surface area contributed by atoms with Gasteiger partial charge in [0.15, 0.2) is 5.13 Å². The number of aromatic nitrogens is 1. The third-order valence-electron chi connectivity index (χ3n) is 4.85. The summed E-state index contributed by atoms with van der Waals surface area (Å²) < 4.78 is 0. The topological polar surface area (TPSA) is 88.3 Å². The molecule has 1 unspecified atom stereocenters. The van der Waals surface area contributed by atoms with Gasteiger partial charge in [-0.25, -0.2) is 4.98 Å². The summed E-state index contributed by atoms with van der Waals surface area (Å²) >= 11 is 3.04. The molecule has 1 aromatic heterocycles. The molecule has 0 aliphatic carbocycles. The molecule has 8 heteroatoms. The van der Waals surface area contributed by atoms with Crippen molar-refractivity contribution in [3.05, 3.63) is 39.2 Å². The molecule has 3 N–H and O–H groups in total. The van der Waals surface area contributed by atoms with Crippen LogP contribution in [0, 0.1) is 6.92 Å². The van der Waals surface area contributed by atoms with Crippen LogP contribution in [0.2, 0.25) is 0 Å². The Labute approximate surface area is 165 Å². The van der Waals surface area contributed by atoms with Crippen molar-refractivity contribution >= 4 is 45.7 Å². The first kappa shape index (κ1) is 18.1. The number of carbonyl (C=O) groups excluding carboxylic acids is 2. The van der Waals surface area contributed by atoms with E-state index in [1.807, 2.05) is 39.0 Å². The van der Waals surface area contributed by atoms with Gasteiger partial charge >= 0.3 is 0 Å². The maximum Gasteiger partial charge on any atom is 0.256 e. The number of fused-ring (bicyclic) bond motifs is 1. The van der Waals surface area contributed by atoms with Crippen LogP contribution < -0.4 is 16.0 Å². The average molecular weight is 401 g/mol. The van der Waals surface area contributed by atoms with E-state index in [2.05, 4.69) is 10.2 Å². The lowest BCUT2D eigenvalue weighted by atomic mass is 9.97. The minimum absolute atomic E-state index is 0.0394. The molecule has 0 radical (unpaired) electrons. The number of primary amides is 1. The highest BCUT2D eigenvalue weighted by Crippen LogP contribution is 2.45. The van der Waals surface area contributed by atoms with E-state index in [1.54, 1.807) is 11.3 Å². The van der Waals surface area contributed by atoms with Gasteiger partial charge in [-0.1, -0.05) is 30.0 Å². The molecular weight excluding hydrogens is 380 g/mol. The maximum absolute atomic E-state index is 11.9. The zero-order valence-corrected chi connectivity index (χ0v) is 17.0. The third kappa shape index (κ3) is 3.02. The Kier molecular flexibility index (Phi) is 4.47. The molecule has 0 bridgehead atoms. The molecule has 2 aliphatic heterocycles. The van der Waals surface area contributed by atoms with Crippen molar-refractivity contribution in [1.82, 2.24) is 4.98 Å². The molecule has 2 amide bonds. The number of hydrogen-bond donors (Lipinski definition) is 2. The number of thiazole rings is 1. The molecule has 4 rings (SSSR count). The first-order valence-electron chi connectivity index (χ1n) is 8.73. The standard InChI is InChI=1S/C19H20N4O2S2/c1-9-17(18(20)25)27-11(3)23(9)19-22-15(10(2)26-19)13-6-4-5-12-7-8-14(24)21-16(12)13/h4-6,11H,7-8H2,1-3H3,(H2,20,25)(H,21,24). The Morgan fingerprint density at radius 3 is 2.81 bits per heavy atom. The molecule has 0 saturated carbocycles. The van der Waals surface area contributed by atoms with E-state index in [1.165, 1.54) is 11.8 Å². The number of nitrogens with two attached hydrogens (primary N) is 1. The van der Waals surface area contributed by atoms with E-state index < -0.39 is 5.91 Å². The van der Waals surface area contributed by atoms with E-state index in [4.69, 9.17) is 10.7 Å². The molecule has 0 saturated heterocycles. The first-order chi connectivity index (χ1) is 12.9. The van der Waals surface area contributed by atoms with Crippen molar-refractivity contribution in [2.24, 2.45) is 5.73 Å². The van der Waals surface area contributed by atoms with Crippen molar-refractivity contribution in [1.29, 1.82) is 0 Å². The van der Waals surface area contributed by atoms with Gasteiger partial charge in [0.2, 0.25) is 5.91 Å². The van der Waals surface area contributed by atoms with Crippen LogP contribution in [0.4, 0.5) is 10.8 Å². The van der Waals surface area contributed by atoms with Crippen molar-refractivity contribution in [2.75, 3.05) is 10.2 Å². The molecule has 2 aromatic rings. The Morgan fingerprint density at radius 1 is 1.33 bits per heavy atom. The Morgan fingerprint density at radius 2 is 2.11 bits per heavy atom. The van der Waals surface area contributed by atoms with E-state index in [9.17, 15) is 9.59 Å². The number of nitrogens with zero attached hydrogens (tertiary/aromatic N) is 2. The molecule has 1 atom stereocenters. The number of carbonyl (C=O) groups is 2. The van der Waals surface area contributed by atoms with Crippen LogP contribution in [0.3, 0.4) is 0 Å². The van der Waals surface area contributed by atoms with Crippen LogP contribution in [0.5, 0.6) is 0 Å². The maximum atomic E-state index is 11.9. The summed E-state index contributed by atoms with van der Waals surface area (Å²) in [5.74, 6) is -0.363. The fourth-order valence-electron chi connectivity index (χ4n) is 3.56. The van der Waals surface area contributed by atoms with Crippen molar-refractivity contribution in [2.45, 2.75) is 39.0 Å². The minimum Gasteiger partial charge on any atom is -0.365 e. The number of aryl methyl sites for hydroxylation is 2. The number of nitrogens with one attached hydrogen (secondary N) is 1. The van der Waals surface area contributed by atoms with Crippen molar-refractivity contribution < 1.29 is 9.59 Å². The normalized spacial score (nSPS) is 19.3. The monoisotopic (exact) mass is 400 g/mol. The third-order valence-corrected chi connectivity index (χ3v) is 7.10. The number of benzene rings is 1. The van der Waals surface area contributed by atoms with Gasteiger partial charge in [0, 0.05) is 22.6 Å². The molecular formula is C19H20N4O2S2. The molecule has 140 valence electrons. The quantitative estimate of drug-likeness (QED) is 0.821. The lowest BCUT2D eigenvalue weighted by molar-refractivity contribution is -0.116. The number of allylic oxidation sites excluding steroid dienone is 1. The number of thioether (sulfide) groups is 1. The number of anilines is 2. The Balaban J connectivity index is 1.78. The van der Waals surface area contributed by atoms with Crippen molar-refractivity contribution in [3.63, 3.8) is 0 Å². The second-order valence-corrected chi connectivity index (χ2v) is 9.16. The second-order valence-electron chi connectivity index (χ2n) is 6.66. The zero-order chi connectivity index (χ0) is 19.3. The van der Waals surface area contributed by atoms with E-state index in [-0.39, 0.29) is 11.3 Å². The van der Waals surface area contributed by atoms with E-state index in [0.717, 1.165) is 44.6 Å². The molecule has 0 spiro atoms. The van der Waals surface area contributed by atoms with Crippen LogP contribution >= 0.6 is 23.1 Å². The van der Waals surface area contributed by atoms with Gasteiger partial charge in [0.05, 0.1) is 21.7 Å².